The summed E-state index contributed by atoms with van der Waals surface area (Å²) in [5, 5.41) is 3.12. The third-order valence-electron chi connectivity index (χ3n) is 3.36. The van der Waals surface area contributed by atoms with Gasteiger partial charge in [0, 0.05) is 11.6 Å². The van der Waals surface area contributed by atoms with Crippen molar-refractivity contribution < 1.29 is 27.8 Å². The first kappa shape index (κ1) is 19.7. The maximum atomic E-state index is 12.2. The van der Waals surface area contributed by atoms with Gasteiger partial charge in [-0.3, -0.25) is 4.79 Å². The average molecular weight is 384 g/mol. The SMILES string of the molecule is CC(OC(=O)c1cccc(OC(F)F)c1)C(=O)NCc1ccccc1Cl. The van der Waals surface area contributed by atoms with Crippen molar-refractivity contribution in [3.8, 4) is 5.75 Å². The minimum Gasteiger partial charge on any atom is -0.449 e. The van der Waals surface area contributed by atoms with Crippen LogP contribution in [-0.2, 0) is 16.1 Å². The van der Waals surface area contributed by atoms with Gasteiger partial charge >= 0.3 is 12.6 Å². The monoisotopic (exact) mass is 383 g/mol. The number of rotatable bonds is 7. The highest BCUT2D eigenvalue weighted by molar-refractivity contribution is 6.31. The highest BCUT2D eigenvalue weighted by atomic mass is 35.5. The molecule has 2 aromatic rings. The lowest BCUT2D eigenvalue weighted by Gasteiger charge is -2.14. The number of hydrogen-bond donors (Lipinski definition) is 1. The number of halogens is 3. The minimum absolute atomic E-state index is 0.00564. The highest BCUT2D eigenvalue weighted by Gasteiger charge is 2.19. The van der Waals surface area contributed by atoms with Gasteiger partial charge in [0.2, 0.25) is 0 Å². The summed E-state index contributed by atoms with van der Waals surface area (Å²) in [6.07, 6.45) is -1.08. The Morgan fingerprint density at radius 1 is 1.15 bits per heavy atom. The van der Waals surface area contributed by atoms with Crippen LogP contribution < -0.4 is 10.1 Å². The summed E-state index contributed by atoms with van der Waals surface area (Å²) in [7, 11) is 0. The molecule has 1 atom stereocenters. The van der Waals surface area contributed by atoms with Gasteiger partial charge in [-0.1, -0.05) is 35.9 Å². The van der Waals surface area contributed by atoms with E-state index in [1.165, 1.54) is 25.1 Å². The number of carbonyl (C=O) groups is 2. The Kier molecular flexibility index (Phi) is 6.91. The number of nitrogens with one attached hydrogen (secondary N) is 1. The third-order valence-corrected chi connectivity index (χ3v) is 3.73. The van der Waals surface area contributed by atoms with Gasteiger partial charge in [0.25, 0.3) is 5.91 Å². The molecule has 5 nitrogen and oxygen atoms in total. The number of ether oxygens (including phenoxy) is 2. The van der Waals surface area contributed by atoms with Gasteiger partial charge in [-0.2, -0.15) is 8.78 Å². The summed E-state index contributed by atoms with van der Waals surface area (Å²) >= 11 is 6.00. The number of benzene rings is 2. The summed E-state index contributed by atoms with van der Waals surface area (Å²) in [5.41, 5.74) is 0.715. The lowest BCUT2D eigenvalue weighted by atomic mass is 10.2. The fraction of sp³-hybridized carbons (Fsp3) is 0.222. The van der Waals surface area contributed by atoms with Crippen molar-refractivity contribution in [2.45, 2.75) is 26.2 Å². The Bertz CT molecular complexity index is 785. The molecule has 0 saturated carbocycles. The Morgan fingerprint density at radius 2 is 1.88 bits per heavy atom. The maximum Gasteiger partial charge on any atom is 0.387 e. The largest absolute Gasteiger partial charge is 0.449 e. The van der Waals surface area contributed by atoms with E-state index < -0.39 is 24.6 Å². The van der Waals surface area contributed by atoms with Gasteiger partial charge < -0.3 is 14.8 Å². The molecule has 0 heterocycles. The first-order valence-electron chi connectivity index (χ1n) is 7.64. The van der Waals surface area contributed by atoms with Crippen molar-refractivity contribution in [1.29, 1.82) is 0 Å². The molecular formula is C18H16ClF2NO4. The molecule has 0 radical (unpaired) electrons. The van der Waals surface area contributed by atoms with Crippen LogP contribution in [0, 0.1) is 0 Å². The van der Waals surface area contributed by atoms with Crippen LogP contribution in [0.1, 0.15) is 22.8 Å². The molecule has 0 aliphatic heterocycles. The van der Waals surface area contributed by atoms with E-state index in [1.54, 1.807) is 24.3 Å². The predicted molar refractivity (Wildman–Crippen MR) is 91.3 cm³/mol. The second-order valence-electron chi connectivity index (χ2n) is 5.26. The van der Waals surface area contributed by atoms with Crippen molar-refractivity contribution in [2.75, 3.05) is 0 Å². The van der Waals surface area contributed by atoms with E-state index in [0.717, 1.165) is 11.6 Å². The number of esters is 1. The van der Waals surface area contributed by atoms with Gasteiger partial charge in [0.05, 0.1) is 5.56 Å². The fourth-order valence-corrected chi connectivity index (χ4v) is 2.25. The molecule has 0 aliphatic rings. The molecule has 1 unspecified atom stereocenters. The molecule has 2 rings (SSSR count). The van der Waals surface area contributed by atoms with Crippen molar-refractivity contribution in [3.05, 3.63) is 64.7 Å². The van der Waals surface area contributed by atoms with E-state index in [9.17, 15) is 18.4 Å². The number of alkyl halides is 2. The van der Waals surface area contributed by atoms with Gasteiger partial charge in [0.15, 0.2) is 6.10 Å². The molecule has 0 bridgehead atoms. The molecule has 1 amide bonds. The predicted octanol–water partition coefficient (Wildman–Crippen LogP) is 3.80. The molecule has 26 heavy (non-hydrogen) atoms. The second-order valence-corrected chi connectivity index (χ2v) is 5.67. The van der Waals surface area contributed by atoms with E-state index in [4.69, 9.17) is 16.3 Å². The van der Waals surface area contributed by atoms with E-state index in [0.29, 0.717) is 5.02 Å². The summed E-state index contributed by atoms with van der Waals surface area (Å²) < 4.78 is 33.7. The Balaban J connectivity index is 1.91. The molecule has 8 heteroatoms. The zero-order valence-corrected chi connectivity index (χ0v) is 14.5. The number of amides is 1. The number of hydrogen-bond acceptors (Lipinski definition) is 4. The molecule has 0 saturated heterocycles. The van der Waals surface area contributed by atoms with Crippen LogP contribution in [0.15, 0.2) is 48.5 Å². The summed E-state index contributed by atoms with van der Waals surface area (Å²) in [6.45, 7) is -1.42. The average Bonchev–Trinajstić information content (AvgIpc) is 2.60. The number of carbonyl (C=O) groups excluding carboxylic acids is 2. The van der Waals surface area contributed by atoms with Crippen molar-refractivity contribution in [1.82, 2.24) is 5.32 Å². The highest BCUT2D eigenvalue weighted by Crippen LogP contribution is 2.17. The van der Waals surface area contributed by atoms with E-state index in [1.807, 2.05) is 0 Å². The first-order chi connectivity index (χ1) is 12.4. The molecule has 0 aromatic heterocycles. The first-order valence-corrected chi connectivity index (χ1v) is 8.01. The maximum absolute atomic E-state index is 12.2. The summed E-state index contributed by atoms with van der Waals surface area (Å²) in [5.74, 6) is -1.52. The van der Waals surface area contributed by atoms with Crippen LogP contribution in [0.25, 0.3) is 0 Å². The molecule has 0 spiro atoms. The molecule has 138 valence electrons. The molecule has 1 N–H and O–H groups in total. The zero-order valence-electron chi connectivity index (χ0n) is 13.7. The standard InChI is InChI=1S/C18H16ClF2NO4/c1-11(16(23)22-10-13-5-2-3-8-15(13)19)25-17(24)12-6-4-7-14(9-12)26-18(20)21/h2-9,11,18H,10H2,1H3,(H,22,23). The van der Waals surface area contributed by atoms with E-state index >= 15 is 0 Å². The van der Waals surface area contributed by atoms with Crippen molar-refractivity contribution in [3.63, 3.8) is 0 Å². The van der Waals surface area contributed by atoms with Crippen LogP contribution in [0.5, 0.6) is 5.75 Å². The third kappa shape index (κ3) is 5.70. The Labute approximate surface area is 153 Å². The molecule has 0 fully saturated rings. The van der Waals surface area contributed by atoms with Crippen LogP contribution in [-0.4, -0.2) is 24.6 Å². The normalized spacial score (nSPS) is 11.7. The Morgan fingerprint density at radius 3 is 2.58 bits per heavy atom. The van der Waals surface area contributed by atoms with Crippen LogP contribution in [0.2, 0.25) is 5.02 Å². The lowest BCUT2D eigenvalue weighted by molar-refractivity contribution is -0.129. The quantitative estimate of drug-likeness (QED) is 0.738. The van der Waals surface area contributed by atoms with Gasteiger partial charge in [-0.15, -0.1) is 0 Å². The summed E-state index contributed by atoms with van der Waals surface area (Å²) in [4.78, 5) is 24.1. The van der Waals surface area contributed by atoms with Crippen molar-refractivity contribution >= 4 is 23.5 Å². The second kappa shape index (κ2) is 9.15. The lowest BCUT2D eigenvalue weighted by Crippen LogP contribution is -2.35. The van der Waals surface area contributed by atoms with E-state index in [2.05, 4.69) is 10.1 Å². The zero-order chi connectivity index (χ0) is 19.1. The van der Waals surface area contributed by atoms with Crippen molar-refractivity contribution in [2.24, 2.45) is 0 Å². The van der Waals surface area contributed by atoms with Crippen LogP contribution in [0.3, 0.4) is 0 Å². The van der Waals surface area contributed by atoms with Gasteiger partial charge in [-0.25, -0.2) is 4.79 Å². The fourth-order valence-electron chi connectivity index (χ4n) is 2.05. The van der Waals surface area contributed by atoms with E-state index in [-0.39, 0.29) is 17.9 Å². The van der Waals surface area contributed by atoms with Gasteiger partial charge in [0.1, 0.15) is 5.75 Å². The Hall–Kier alpha value is -2.67. The molecular weight excluding hydrogens is 368 g/mol. The molecule has 2 aromatic carbocycles. The summed E-state index contributed by atoms with van der Waals surface area (Å²) in [6, 6.07) is 12.1. The minimum atomic E-state index is -3.00. The topological polar surface area (TPSA) is 64.6 Å². The van der Waals surface area contributed by atoms with Gasteiger partial charge in [-0.05, 0) is 36.8 Å². The smallest absolute Gasteiger partial charge is 0.387 e. The van der Waals surface area contributed by atoms with Crippen LogP contribution >= 0.6 is 11.6 Å². The van der Waals surface area contributed by atoms with Crippen LogP contribution in [0.4, 0.5) is 8.78 Å². The molecule has 0 aliphatic carbocycles.